The lowest BCUT2D eigenvalue weighted by molar-refractivity contribution is 0.148. The largest absolute Gasteiger partial charge is 0.399 e. The molecule has 2 amide bonds. The fourth-order valence-corrected chi connectivity index (χ4v) is 0.912. The van der Waals surface area contributed by atoms with Crippen LogP contribution in [0, 0.1) is 0 Å². The maximum atomic E-state index is 11.7. The molecule has 1 aromatic carbocycles. The number of alkyl halides is 2. The van der Waals surface area contributed by atoms with E-state index in [0.717, 1.165) is 0 Å². The Hall–Kier alpha value is -1.85. The summed E-state index contributed by atoms with van der Waals surface area (Å²) in [5, 5.41) is 4.40. The van der Waals surface area contributed by atoms with E-state index in [2.05, 4.69) is 5.32 Å². The molecular formula is C9H11F2N3O. The lowest BCUT2D eigenvalue weighted by atomic mass is 10.3. The number of rotatable bonds is 3. The van der Waals surface area contributed by atoms with Gasteiger partial charge in [0.2, 0.25) is 0 Å². The van der Waals surface area contributed by atoms with E-state index in [1.165, 1.54) is 0 Å². The highest BCUT2D eigenvalue weighted by Gasteiger charge is 2.05. The van der Waals surface area contributed by atoms with Gasteiger partial charge in [0.1, 0.15) is 0 Å². The summed E-state index contributed by atoms with van der Waals surface area (Å²) in [5.41, 5.74) is 6.49. The van der Waals surface area contributed by atoms with E-state index in [-0.39, 0.29) is 0 Å². The summed E-state index contributed by atoms with van der Waals surface area (Å²) in [6.45, 7) is -0.666. The van der Waals surface area contributed by atoms with Crippen LogP contribution >= 0.6 is 0 Å². The van der Waals surface area contributed by atoms with E-state index >= 15 is 0 Å². The maximum Gasteiger partial charge on any atom is 0.319 e. The molecule has 1 aromatic rings. The van der Waals surface area contributed by atoms with Gasteiger partial charge in [-0.3, -0.25) is 0 Å². The molecule has 0 atom stereocenters. The Bertz CT molecular complexity index is 327. The van der Waals surface area contributed by atoms with E-state index < -0.39 is 19.0 Å². The minimum atomic E-state index is -2.55. The van der Waals surface area contributed by atoms with Crippen LogP contribution in [0.4, 0.5) is 25.0 Å². The Labute approximate surface area is 85.5 Å². The van der Waals surface area contributed by atoms with Crippen molar-refractivity contribution in [3.05, 3.63) is 24.3 Å². The van der Waals surface area contributed by atoms with Crippen LogP contribution in [0.25, 0.3) is 0 Å². The van der Waals surface area contributed by atoms with Crippen molar-refractivity contribution in [3.8, 4) is 0 Å². The number of amides is 2. The van der Waals surface area contributed by atoms with Gasteiger partial charge in [-0.2, -0.15) is 0 Å². The maximum absolute atomic E-state index is 11.7. The summed E-state index contributed by atoms with van der Waals surface area (Å²) >= 11 is 0. The first kappa shape index (κ1) is 11.2. The van der Waals surface area contributed by atoms with E-state index in [1.807, 2.05) is 5.32 Å². The second-order valence-electron chi connectivity index (χ2n) is 2.85. The van der Waals surface area contributed by atoms with E-state index in [1.54, 1.807) is 24.3 Å². The van der Waals surface area contributed by atoms with E-state index in [9.17, 15) is 13.6 Å². The number of nitrogen functional groups attached to an aromatic ring is 1. The van der Waals surface area contributed by atoms with E-state index in [4.69, 9.17) is 5.73 Å². The molecule has 6 heteroatoms. The zero-order valence-corrected chi connectivity index (χ0v) is 7.84. The highest BCUT2D eigenvalue weighted by atomic mass is 19.3. The number of anilines is 2. The molecular weight excluding hydrogens is 204 g/mol. The Morgan fingerprint density at radius 2 is 1.93 bits per heavy atom. The second kappa shape index (κ2) is 5.14. The predicted molar refractivity (Wildman–Crippen MR) is 53.9 cm³/mol. The summed E-state index contributed by atoms with van der Waals surface area (Å²) in [7, 11) is 0. The van der Waals surface area contributed by atoms with Gasteiger partial charge in [-0.1, -0.05) is 0 Å². The third-order valence-electron chi connectivity index (χ3n) is 1.59. The molecule has 0 bridgehead atoms. The molecule has 82 valence electrons. The quantitative estimate of drug-likeness (QED) is 0.671. The fourth-order valence-electron chi connectivity index (χ4n) is 0.912. The average Bonchev–Trinajstić information content (AvgIpc) is 2.19. The zero-order chi connectivity index (χ0) is 11.3. The van der Waals surface area contributed by atoms with Crippen molar-refractivity contribution in [2.75, 3.05) is 17.6 Å². The van der Waals surface area contributed by atoms with Crippen molar-refractivity contribution >= 4 is 17.4 Å². The lowest BCUT2D eigenvalue weighted by Crippen LogP contribution is -2.32. The molecule has 0 saturated carbocycles. The third-order valence-corrected chi connectivity index (χ3v) is 1.59. The number of urea groups is 1. The first-order chi connectivity index (χ1) is 7.08. The molecule has 15 heavy (non-hydrogen) atoms. The van der Waals surface area contributed by atoms with Crippen molar-refractivity contribution in [3.63, 3.8) is 0 Å². The molecule has 4 nitrogen and oxygen atoms in total. The molecule has 0 heterocycles. The third kappa shape index (κ3) is 4.26. The Balaban J connectivity index is 2.41. The van der Waals surface area contributed by atoms with Gasteiger partial charge in [0, 0.05) is 11.4 Å². The summed E-state index contributed by atoms with van der Waals surface area (Å²) in [6, 6.07) is 5.69. The number of benzene rings is 1. The molecule has 0 saturated heterocycles. The van der Waals surface area contributed by atoms with Gasteiger partial charge < -0.3 is 16.4 Å². The van der Waals surface area contributed by atoms with Gasteiger partial charge in [-0.25, -0.2) is 13.6 Å². The Morgan fingerprint density at radius 3 is 2.47 bits per heavy atom. The van der Waals surface area contributed by atoms with Crippen molar-refractivity contribution in [1.82, 2.24) is 5.32 Å². The molecule has 0 unspecified atom stereocenters. The zero-order valence-electron chi connectivity index (χ0n) is 7.84. The molecule has 0 fully saturated rings. The summed E-state index contributed by atoms with van der Waals surface area (Å²) in [5.74, 6) is 0. The topological polar surface area (TPSA) is 67.1 Å². The smallest absolute Gasteiger partial charge is 0.319 e. The number of carbonyl (C=O) groups is 1. The Morgan fingerprint density at radius 1 is 1.33 bits per heavy atom. The first-order valence-corrected chi connectivity index (χ1v) is 4.26. The van der Waals surface area contributed by atoms with Gasteiger partial charge in [0.15, 0.2) is 0 Å². The average molecular weight is 215 g/mol. The molecule has 0 radical (unpaired) electrons. The highest BCUT2D eigenvalue weighted by Crippen LogP contribution is 2.09. The number of hydrogen-bond donors (Lipinski definition) is 3. The van der Waals surface area contributed by atoms with Crippen LogP contribution in [0.5, 0.6) is 0 Å². The molecule has 0 aromatic heterocycles. The van der Waals surface area contributed by atoms with Gasteiger partial charge in [-0.05, 0) is 24.3 Å². The van der Waals surface area contributed by atoms with Crippen LogP contribution in [-0.2, 0) is 0 Å². The Kier molecular flexibility index (Phi) is 3.84. The van der Waals surface area contributed by atoms with Crippen LogP contribution in [0.15, 0.2) is 24.3 Å². The highest BCUT2D eigenvalue weighted by molar-refractivity contribution is 5.89. The monoisotopic (exact) mass is 215 g/mol. The van der Waals surface area contributed by atoms with Crippen LogP contribution in [0.3, 0.4) is 0 Å². The normalized spacial score (nSPS) is 10.1. The number of halogens is 2. The molecule has 0 aliphatic heterocycles. The van der Waals surface area contributed by atoms with E-state index in [0.29, 0.717) is 11.4 Å². The summed E-state index contributed by atoms with van der Waals surface area (Å²) in [6.07, 6.45) is -2.55. The SMILES string of the molecule is Nc1ccc(NC(=O)NCC(F)F)cc1. The standard InChI is InChI=1S/C9H11F2N3O/c10-8(11)5-13-9(15)14-7-3-1-6(12)2-4-7/h1-4,8H,5,12H2,(H2,13,14,15). The molecule has 0 aliphatic rings. The van der Waals surface area contributed by atoms with Crippen molar-refractivity contribution in [1.29, 1.82) is 0 Å². The van der Waals surface area contributed by atoms with Crippen LogP contribution in [0.1, 0.15) is 0 Å². The van der Waals surface area contributed by atoms with Gasteiger partial charge in [0.05, 0.1) is 6.54 Å². The number of nitrogens with two attached hydrogens (primary N) is 1. The number of nitrogens with one attached hydrogen (secondary N) is 2. The van der Waals surface area contributed by atoms with Crippen LogP contribution in [-0.4, -0.2) is 19.0 Å². The van der Waals surface area contributed by atoms with Crippen molar-refractivity contribution in [2.24, 2.45) is 0 Å². The summed E-state index contributed by atoms with van der Waals surface area (Å²) < 4.78 is 23.5. The lowest BCUT2D eigenvalue weighted by Gasteiger charge is -2.06. The molecule has 4 N–H and O–H groups in total. The molecule has 0 spiro atoms. The molecule has 0 aliphatic carbocycles. The van der Waals surface area contributed by atoms with Gasteiger partial charge in [-0.15, -0.1) is 0 Å². The van der Waals surface area contributed by atoms with Crippen molar-refractivity contribution < 1.29 is 13.6 Å². The van der Waals surface area contributed by atoms with Gasteiger partial charge in [0.25, 0.3) is 6.43 Å². The fraction of sp³-hybridized carbons (Fsp3) is 0.222. The predicted octanol–water partition coefficient (Wildman–Crippen LogP) is 1.66. The number of carbonyl (C=O) groups excluding carboxylic acids is 1. The van der Waals surface area contributed by atoms with Crippen LogP contribution < -0.4 is 16.4 Å². The number of hydrogen-bond acceptors (Lipinski definition) is 2. The summed E-state index contributed by atoms with van der Waals surface area (Å²) in [4.78, 5) is 11.0. The first-order valence-electron chi connectivity index (χ1n) is 4.26. The minimum Gasteiger partial charge on any atom is -0.399 e. The molecule has 1 rings (SSSR count). The van der Waals surface area contributed by atoms with Crippen LogP contribution in [0.2, 0.25) is 0 Å². The second-order valence-corrected chi connectivity index (χ2v) is 2.85. The van der Waals surface area contributed by atoms with Gasteiger partial charge >= 0.3 is 6.03 Å². The van der Waals surface area contributed by atoms with Crippen molar-refractivity contribution in [2.45, 2.75) is 6.43 Å². The minimum absolute atomic E-state index is 0.496.